The largest absolute Gasteiger partial charge is 0.409 e. The molecule has 0 atom stereocenters. The fraction of sp³-hybridized carbons (Fsp3) is 0.909. The van der Waals surface area contributed by atoms with E-state index in [1.165, 1.54) is 12.8 Å². The van der Waals surface area contributed by atoms with E-state index in [-0.39, 0.29) is 0 Å². The van der Waals surface area contributed by atoms with Crippen LogP contribution in [0.2, 0.25) is 0 Å². The van der Waals surface area contributed by atoms with Gasteiger partial charge in [0.1, 0.15) is 5.84 Å². The Labute approximate surface area is 86.4 Å². The van der Waals surface area contributed by atoms with Gasteiger partial charge in [-0.3, -0.25) is 0 Å². The Morgan fingerprint density at radius 1 is 1.21 bits per heavy atom. The summed E-state index contributed by atoms with van der Waals surface area (Å²) < 4.78 is 0. The molecule has 0 aromatic rings. The zero-order valence-electron chi connectivity index (χ0n) is 9.45. The Hall–Kier alpha value is -0.730. The van der Waals surface area contributed by atoms with Gasteiger partial charge in [0.15, 0.2) is 0 Å². The van der Waals surface area contributed by atoms with E-state index in [4.69, 9.17) is 10.9 Å². The lowest BCUT2D eigenvalue weighted by Crippen LogP contribution is -2.32. The van der Waals surface area contributed by atoms with Crippen molar-refractivity contribution in [2.24, 2.45) is 28.1 Å². The molecule has 14 heavy (non-hydrogen) atoms. The predicted molar refractivity (Wildman–Crippen MR) is 58.3 cm³/mol. The summed E-state index contributed by atoms with van der Waals surface area (Å²) in [6.45, 7) is 6.88. The van der Waals surface area contributed by atoms with Crippen LogP contribution in [0.5, 0.6) is 0 Å². The molecule has 0 unspecified atom stereocenters. The molecule has 0 amide bonds. The third kappa shape index (κ3) is 2.63. The SMILES string of the molecule is CC(C)(C)C1CCC(C(N)=NO)CC1. The third-order valence-corrected chi connectivity index (χ3v) is 3.49. The number of nitrogens with two attached hydrogens (primary N) is 1. The topological polar surface area (TPSA) is 58.6 Å². The van der Waals surface area contributed by atoms with Crippen molar-refractivity contribution in [3.8, 4) is 0 Å². The molecule has 0 aliphatic heterocycles. The monoisotopic (exact) mass is 198 g/mol. The number of oxime groups is 1. The predicted octanol–water partition coefficient (Wildman–Crippen LogP) is 2.59. The molecule has 0 heterocycles. The Balaban J connectivity index is 2.47. The maximum Gasteiger partial charge on any atom is 0.142 e. The highest BCUT2D eigenvalue weighted by Crippen LogP contribution is 2.39. The average Bonchev–Trinajstić information content (AvgIpc) is 2.15. The van der Waals surface area contributed by atoms with Gasteiger partial charge in [0, 0.05) is 5.92 Å². The number of rotatable bonds is 1. The van der Waals surface area contributed by atoms with E-state index in [0.717, 1.165) is 18.8 Å². The minimum absolute atomic E-state index is 0.304. The first-order chi connectivity index (χ1) is 6.45. The first-order valence-electron chi connectivity index (χ1n) is 5.42. The van der Waals surface area contributed by atoms with Crippen LogP contribution in [0.25, 0.3) is 0 Å². The van der Waals surface area contributed by atoms with Crippen molar-refractivity contribution in [1.82, 2.24) is 0 Å². The van der Waals surface area contributed by atoms with E-state index in [0.29, 0.717) is 17.2 Å². The van der Waals surface area contributed by atoms with Crippen molar-refractivity contribution >= 4 is 5.84 Å². The van der Waals surface area contributed by atoms with Crippen LogP contribution >= 0.6 is 0 Å². The van der Waals surface area contributed by atoms with Crippen molar-refractivity contribution in [2.45, 2.75) is 46.5 Å². The zero-order chi connectivity index (χ0) is 10.8. The van der Waals surface area contributed by atoms with Gasteiger partial charge in [-0.05, 0) is 37.0 Å². The highest BCUT2D eigenvalue weighted by molar-refractivity contribution is 5.82. The molecule has 0 spiro atoms. The summed E-state index contributed by atoms with van der Waals surface area (Å²) in [6.07, 6.45) is 4.53. The second-order valence-electron chi connectivity index (χ2n) is 5.44. The van der Waals surface area contributed by atoms with E-state index in [2.05, 4.69) is 25.9 Å². The van der Waals surface area contributed by atoms with Crippen LogP contribution < -0.4 is 5.73 Å². The van der Waals surface area contributed by atoms with E-state index in [9.17, 15) is 0 Å². The van der Waals surface area contributed by atoms with Gasteiger partial charge in [-0.1, -0.05) is 25.9 Å². The van der Waals surface area contributed by atoms with E-state index >= 15 is 0 Å². The molecule has 0 aromatic carbocycles. The van der Waals surface area contributed by atoms with Crippen LogP contribution in [0.4, 0.5) is 0 Å². The molecular formula is C11H22N2O. The van der Waals surface area contributed by atoms with Crippen molar-refractivity contribution in [2.75, 3.05) is 0 Å². The van der Waals surface area contributed by atoms with Gasteiger partial charge in [0.2, 0.25) is 0 Å². The smallest absolute Gasteiger partial charge is 0.142 e. The lowest BCUT2D eigenvalue weighted by Gasteiger charge is -2.36. The van der Waals surface area contributed by atoms with Gasteiger partial charge in [-0.25, -0.2) is 0 Å². The van der Waals surface area contributed by atoms with Crippen LogP contribution in [0.3, 0.4) is 0 Å². The van der Waals surface area contributed by atoms with Crippen LogP contribution in [0.15, 0.2) is 5.16 Å². The Morgan fingerprint density at radius 3 is 2.07 bits per heavy atom. The molecular weight excluding hydrogens is 176 g/mol. The first-order valence-corrected chi connectivity index (χ1v) is 5.42. The number of amidine groups is 1. The second-order valence-corrected chi connectivity index (χ2v) is 5.44. The summed E-state index contributed by atoms with van der Waals surface area (Å²) in [5, 5.41) is 11.7. The van der Waals surface area contributed by atoms with Gasteiger partial charge in [0.05, 0.1) is 0 Å². The molecule has 1 rings (SSSR count). The molecule has 0 radical (unpaired) electrons. The summed E-state index contributed by atoms with van der Waals surface area (Å²) in [5.41, 5.74) is 6.00. The Morgan fingerprint density at radius 2 is 1.71 bits per heavy atom. The highest BCUT2D eigenvalue weighted by Gasteiger charge is 2.30. The standard InChI is InChI=1S/C11H22N2O/c1-11(2,3)9-6-4-8(5-7-9)10(12)13-14/h8-9,14H,4-7H2,1-3H3,(H2,12,13). The maximum absolute atomic E-state index is 8.58. The van der Waals surface area contributed by atoms with Gasteiger partial charge in [-0.15, -0.1) is 0 Å². The molecule has 1 aliphatic carbocycles. The maximum atomic E-state index is 8.58. The molecule has 3 nitrogen and oxygen atoms in total. The quantitative estimate of drug-likeness (QED) is 0.294. The molecule has 0 aromatic heterocycles. The minimum atomic E-state index is 0.304. The molecule has 0 bridgehead atoms. The van der Waals surface area contributed by atoms with Gasteiger partial charge >= 0.3 is 0 Å². The highest BCUT2D eigenvalue weighted by atomic mass is 16.4. The summed E-state index contributed by atoms with van der Waals surface area (Å²) in [6, 6.07) is 0. The van der Waals surface area contributed by atoms with Gasteiger partial charge in [0.25, 0.3) is 0 Å². The molecule has 1 aliphatic rings. The fourth-order valence-electron chi connectivity index (χ4n) is 2.34. The number of hydrogen-bond acceptors (Lipinski definition) is 2. The minimum Gasteiger partial charge on any atom is -0.409 e. The van der Waals surface area contributed by atoms with Gasteiger partial charge in [-0.2, -0.15) is 0 Å². The molecule has 0 saturated heterocycles. The van der Waals surface area contributed by atoms with Crippen LogP contribution in [0.1, 0.15) is 46.5 Å². The number of nitrogens with zero attached hydrogens (tertiary/aromatic N) is 1. The molecule has 3 heteroatoms. The second kappa shape index (κ2) is 4.20. The zero-order valence-corrected chi connectivity index (χ0v) is 9.45. The summed E-state index contributed by atoms with van der Waals surface area (Å²) >= 11 is 0. The fourth-order valence-corrected chi connectivity index (χ4v) is 2.34. The lowest BCUT2D eigenvalue weighted by atomic mass is 9.69. The Bertz CT molecular complexity index is 210. The first kappa shape index (κ1) is 11.3. The van der Waals surface area contributed by atoms with E-state index in [1.807, 2.05) is 0 Å². The molecule has 3 N–H and O–H groups in total. The summed E-state index contributed by atoms with van der Waals surface area (Å²) in [5.74, 6) is 1.50. The van der Waals surface area contributed by atoms with Crippen LogP contribution in [-0.2, 0) is 0 Å². The van der Waals surface area contributed by atoms with Crippen LogP contribution in [0, 0.1) is 17.3 Å². The number of hydrogen-bond donors (Lipinski definition) is 2. The van der Waals surface area contributed by atoms with Crippen molar-refractivity contribution in [1.29, 1.82) is 0 Å². The van der Waals surface area contributed by atoms with Crippen molar-refractivity contribution in [3.05, 3.63) is 0 Å². The van der Waals surface area contributed by atoms with E-state index in [1.54, 1.807) is 0 Å². The molecule has 1 fully saturated rings. The summed E-state index contributed by atoms with van der Waals surface area (Å²) in [4.78, 5) is 0. The van der Waals surface area contributed by atoms with E-state index < -0.39 is 0 Å². The summed E-state index contributed by atoms with van der Waals surface area (Å²) in [7, 11) is 0. The normalized spacial score (nSPS) is 30.4. The third-order valence-electron chi connectivity index (χ3n) is 3.49. The van der Waals surface area contributed by atoms with Crippen molar-refractivity contribution in [3.63, 3.8) is 0 Å². The van der Waals surface area contributed by atoms with Gasteiger partial charge < -0.3 is 10.9 Å². The molecule has 82 valence electrons. The molecule has 1 saturated carbocycles. The lowest BCUT2D eigenvalue weighted by molar-refractivity contribution is 0.165. The Kier molecular flexibility index (Phi) is 3.40. The van der Waals surface area contributed by atoms with Crippen molar-refractivity contribution < 1.29 is 5.21 Å². The average molecular weight is 198 g/mol. The van der Waals surface area contributed by atoms with Crippen LogP contribution in [-0.4, -0.2) is 11.0 Å².